The van der Waals surface area contributed by atoms with Crippen LogP contribution in [0.1, 0.15) is 41.5 Å². The van der Waals surface area contributed by atoms with E-state index in [4.69, 9.17) is 0 Å². The number of nitrogens with one attached hydrogen (secondary N) is 1. The summed E-state index contributed by atoms with van der Waals surface area (Å²) >= 11 is 0. The highest BCUT2D eigenvalue weighted by atomic mass is 16.3. The van der Waals surface area contributed by atoms with Crippen molar-refractivity contribution in [3.63, 3.8) is 0 Å². The van der Waals surface area contributed by atoms with Crippen molar-refractivity contribution < 1.29 is 5.11 Å². The first-order valence-corrected chi connectivity index (χ1v) is 6.48. The van der Waals surface area contributed by atoms with Gasteiger partial charge in [0.15, 0.2) is 0 Å². The van der Waals surface area contributed by atoms with Gasteiger partial charge in [-0.25, -0.2) is 0 Å². The molecule has 1 unspecified atom stereocenters. The highest BCUT2D eigenvalue weighted by Crippen LogP contribution is 2.05. The molecule has 0 bridgehead atoms. The maximum absolute atomic E-state index is 9.93. The van der Waals surface area contributed by atoms with Gasteiger partial charge in [-0.1, -0.05) is 27.7 Å². The fourth-order valence-electron chi connectivity index (χ4n) is 1.67. The number of nitrogens with zero attached hydrogens (tertiary/aromatic N) is 1. The van der Waals surface area contributed by atoms with Gasteiger partial charge in [-0.05, 0) is 19.8 Å². The molecule has 0 amide bonds. The molecule has 0 rings (SSSR count). The Labute approximate surface area is 101 Å². The number of aliphatic hydroxyl groups is 1. The molecule has 0 aliphatic carbocycles. The number of rotatable bonds is 8. The third-order valence-corrected chi connectivity index (χ3v) is 2.54. The average Bonchev–Trinajstić information content (AvgIpc) is 2.12. The molecule has 0 heterocycles. The van der Waals surface area contributed by atoms with Crippen LogP contribution in [0.2, 0.25) is 0 Å². The zero-order valence-corrected chi connectivity index (χ0v) is 11.8. The normalized spacial score (nSPS) is 14.4. The lowest BCUT2D eigenvalue weighted by Crippen LogP contribution is -2.44. The standard InChI is InChI=1S/C13H30N2O/c1-10(2)8-15(12(5)6)9-13(16)7-14-11(3)4/h10-14,16H,7-9H2,1-6H3. The van der Waals surface area contributed by atoms with Crippen LogP contribution in [0.15, 0.2) is 0 Å². The van der Waals surface area contributed by atoms with E-state index in [9.17, 15) is 5.11 Å². The Morgan fingerprint density at radius 2 is 1.56 bits per heavy atom. The van der Waals surface area contributed by atoms with Crippen molar-refractivity contribution in [3.05, 3.63) is 0 Å². The second-order valence-corrected chi connectivity index (χ2v) is 5.66. The van der Waals surface area contributed by atoms with E-state index >= 15 is 0 Å². The fourth-order valence-corrected chi connectivity index (χ4v) is 1.67. The van der Waals surface area contributed by atoms with E-state index in [1.54, 1.807) is 0 Å². The highest BCUT2D eigenvalue weighted by molar-refractivity contribution is 4.71. The van der Waals surface area contributed by atoms with Gasteiger partial charge in [-0.2, -0.15) is 0 Å². The smallest absolute Gasteiger partial charge is 0.0791 e. The van der Waals surface area contributed by atoms with E-state index in [1.165, 1.54) is 0 Å². The Kier molecular flexibility index (Phi) is 7.98. The average molecular weight is 230 g/mol. The Hall–Kier alpha value is -0.120. The molecule has 0 fully saturated rings. The molecule has 16 heavy (non-hydrogen) atoms. The van der Waals surface area contributed by atoms with E-state index in [0.29, 0.717) is 24.5 Å². The molecule has 98 valence electrons. The molecular formula is C13H30N2O. The minimum absolute atomic E-state index is 0.274. The van der Waals surface area contributed by atoms with Crippen molar-refractivity contribution in [1.29, 1.82) is 0 Å². The zero-order chi connectivity index (χ0) is 12.7. The van der Waals surface area contributed by atoms with Crippen LogP contribution in [-0.4, -0.2) is 47.8 Å². The third kappa shape index (κ3) is 8.08. The number of hydrogen-bond donors (Lipinski definition) is 2. The van der Waals surface area contributed by atoms with Crippen LogP contribution in [0, 0.1) is 5.92 Å². The minimum Gasteiger partial charge on any atom is -0.390 e. The second-order valence-electron chi connectivity index (χ2n) is 5.66. The van der Waals surface area contributed by atoms with Gasteiger partial charge in [0.25, 0.3) is 0 Å². The molecule has 0 radical (unpaired) electrons. The molecule has 0 aliphatic heterocycles. The summed E-state index contributed by atoms with van der Waals surface area (Å²) in [5.74, 6) is 0.646. The first-order valence-electron chi connectivity index (χ1n) is 6.48. The number of aliphatic hydroxyl groups excluding tert-OH is 1. The SMILES string of the molecule is CC(C)CN(CC(O)CNC(C)C)C(C)C. The molecule has 0 saturated carbocycles. The molecule has 0 saturated heterocycles. The summed E-state index contributed by atoms with van der Waals surface area (Å²) < 4.78 is 0. The third-order valence-electron chi connectivity index (χ3n) is 2.54. The summed E-state index contributed by atoms with van der Waals surface area (Å²) in [6, 6.07) is 0.934. The molecule has 0 aliphatic rings. The Morgan fingerprint density at radius 3 is 1.94 bits per heavy atom. The molecule has 0 aromatic carbocycles. The zero-order valence-electron chi connectivity index (χ0n) is 11.8. The van der Waals surface area contributed by atoms with Crippen LogP contribution >= 0.6 is 0 Å². The monoisotopic (exact) mass is 230 g/mol. The van der Waals surface area contributed by atoms with E-state index < -0.39 is 0 Å². The van der Waals surface area contributed by atoms with Crippen LogP contribution < -0.4 is 5.32 Å². The largest absolute Gasteiger partial charge is 0.390 e. The molecule has 1 atom stereocenters. The van der Waals surface area contributed by atoms with Gasteiger partial charge in [0, 0.05) is 31.7 Å². The Balaban J connectivity index is 3.98. The molecule has 2 N–H and O–H groups in total. The molecule has 0 aromatic heterocycles. The van der Waals surface area contributed by atoms with Crippen molar-refractivity contribution in [2.75, 3.05) is 19.6 Å². The van der Waals surface area contributed by atoms with Crippen LogP contribution in [0.5, 0.6) is 0 Å². The Morgan fingerprint density at radius 1 is 1.00 bits per heavy atom. The quantitative estimate of drug-likeness (QED) is 0.666. The van der Waals surface area contributed by atoms with E-state index in [0.717, 1.165) is 13.1 Å². The van der Waals surface area contributed by atoms with Gasteiger partial charge in [-0.3, -0.25) is 4.90 Å². The van der Waals surface area contributed by atoms with Gasteiger partial charge in [0.05, 0.1) is 6.10 Å². The van der Waals surface area contributed by atoms with Gasteiger partial charge in [-0.15, -0.1) is 0 Å². The summed E-state index contributed by atoms with van der Waals surface area (Å²) in [6.45, 7) is 15.5. The predicted molar refractivity (Wildman–Crippen MR) is 70.7 cm³/mol. The van der Waals surface area contributed by atoms with E-state index in [2.05, 4.69) is 51.8 Å². The van der Waals surface area contributed by atoms with Crippen molar-refractivity contribution in [3.8, 4) is 0 Å². The first-order chi connectivity index (χ1) is 7.32. The van der Waals surface area contributed by atoms with Crippen LogP contribution in [0.4, 0.5) is 0 Å². The van der Waals surface area contributed by atoms with Gasteiger partial charge in [0.1, 0.15) is 0 Å². The van der Waals surface area contributed by atoms with Gasteiger partial charge < -0.3 is 10.4 Å². The highest BCUT2D eigenvalue weighted by Gasteiger charge is 2.15. The maximum atomic E-state index is 9.93. The number of hydrogen-bond acceptors (Lipinski definition) is 3. The summed E-state index contributed by atoms with van der Waals surface area (Å²) in [5.41, 5.74) is 0. The van der Waals surface area contributed by atoms with Crippen molar-refractivity contribution in [2.24, 2.45) is 5.92 Å². The van der Waals surface area contributed by atoms with Crippen molar-refractivity contribution in [2.45, 2.75) is 59.7 Å². The summed E-state index contributed by atoms with van der Waals surface area (Å²) in [7, 11) is 0. The second kappa shape index (κ2) is 8.04. The predicted octanol–water partition coefficient (Wildman–Crippen LogP) is 1.71. The molecule has 3 heteroatoms. The first kappa shape index (κ1) is 15.9. The van der Waals surface area contributed by atoms with Crippen LogP contribution in [0.25, 0.3) is 0 Å². The molecule has 3 nitrogen and oxygen atoms in total. The molecular weight excluding hydrogens is 200 g/mol. The maximum Gasteiger partial charge on any atom is 0.0791 e. The fraction of sp³-hybridized carbons (Fsp3) is 1.00. The lowest BCUT2D eigenvalue weighted by atomic mass is 10.1. The van der Waals surface area contributed by atoms with Crippen LogP contribution in [-0.2, 0) is 0 Å². The van der Waals surface area contributed by atoms with E-state index in [1.807, 2.05) is 0 Å². The van der Waals surface area contributed by atoms with Crippen molar-refractivity contribution >= 4 is 0 Å². The lowest BCUT2D eigenvalue weighted by Gasteiger charge is -2.30. The van der Waals surface area contributed by atoms with Gasteiger partial charge in [0.2, 0.25) is 0 Å². The summed E-state index contributed by atoms with van der Waals surface area (Å²) in [4.78, 5) is 2.34. The molecule has 0 aromatic rings. The summed E-state index contributed by atoms with van der Waals surface area (Å²) in [5, 5.41) is 13.2. The lowest BCUT2D eigenvalue weighted by molar-refractivity contribution is 0.0858. The Bertz CT molecular complexity index is 169. The van der Waals surface area contributed by atoms with Crippen molar-refractivity contribution in [1.82, 2.24) is 10.2 Å². The molecule has 0 spiro atoms. The summed E-state index contributed by atoms with van der Waals surface area (Å²) in [6.07, 6.45) is -0.274. The van der Waals surface area contributed by atoms with Crippen LogP contribution in [0.3, 0.4) is 0 Å². The topological polar surface area (TPSA) is 35.5 Å². The van der Waals surface area contributed by atoms with Gasteiger partial charge >= 0.3 is 0 Å². The van der Waals surface area contributed by atoms with E-state index in [-0.39, 0.29) is 6.10 Å². The minimum atomic E-state index is -0.274.